The van der Waals surface area contributed by atoms with E-state index >= 15 is 0 Å². The Morgan fingerprint density at radius 1 is 1.48 bits per heavy atom. The summed E-state index contributed by atoms with van der Waals surface area (Å²) in [5, 5.41) is 0. The molecule has 114 valence electrons. The van der Waals surface area contributed by atoms with E-state index in [0.29, 0.717) is 5.56 Å². The van der Waals surface area contributed by atoms with Crippen LogP contribution in [0, 0.1) is 0 Å². The highest BCUT2D eigenvalue weighted by atomic mass is 16.5. The number of methoxy groups -OCH3 is 1. The zero-order valence-electron chi connectivity index (χ0n) is 12.8. The Morgan fingerprint density at radius 2 is 2.29 bits per heavy atom. The normalized spacial score (nSPS) is 15.2. The van der Waals surface area contributed by atoms with Crippen molar-refractivity contribution >= 4 is 17.9 Å². The van der Waals surface area contributed by atoms with Crippen molar-refractivity contribution in [3.63, 3.8) is 0 Å². The fourth-order valence-electron chi connectivity index (χ4n) is 2.98. The summed E-state index contributed by atoms with van der Waals surface area (Å²) in [6, 6.07) is 5.48. The fraction of sp³-hybridized carbons (Fsp3) is 0.529. The van der Waals surface area contributed by atoms with Gasteiger partial charge in [0.1, 0.15) is 12.3 Å². The molecule has 0 bridgehead atoms. The van der Waals surface area contributed by atoms with E-state index in [1.54, 1.807) is 0 Å². The van der Waals surface area contributed by atoms with Gasteiger partial charge in [-0.3, -0.25) is 4.79 Å². The molecule has 4 heteroatoms. The zero-order valence-corrected chi connectivity index (χ0v) is 12.8. The van der Waals surface area contributed by atoms with Gasteiger partial charge >= 0.3 is 5.97 Å². The molecule has 1 aromatic carbocycles. The van der Waals surface area contributed by atoms with Crippen molar-refractivity contribution in [3.8, 4) is 0 Å². The lowest BCUT2D eigenvalue weighted by molar-refractivity contribution is -0.142. The van der Waals surface area contributed by atoms with Crippen LogP contribution in [0.25, 0.3) is 0 Å². The number of hydrogen-bond donors (Lipinski definition) is 0. The number of nitrogens with zero attached hydrogens (tertiary/aromatic N) is 1. The molecule has 1 aliphatic heterocycles. The van der Waals surface area contributed by atoms with E-state index in [1.165, 1.54) is 7.11 Å². The lowest BCUT2D eigenvalue weighted by Crippen LogP contribution is -2.44. The van der Waals surface area contributed by atoms with Crippen molar-refractivity contribution in [1.82, 2.24) is 0 Å². The molecule has 0 saturated heterocycles. The Kier molecular flexibility index (Phi) is 5.37. The van der Waals surface area contributed by atoms with E-state index in [4.69, 9.17) is 4.74 Å². The molecule has 0 spiro atoms. The van der Waals surface area contributed by atoms with Gasteiger partial charge in [0.05, 0.1) is 7.11 Å². The van der Waals surface area contributed by atoms with Crippen molar-refractivity contribution < 1.29 is 14.3 Å². The van der Waals surface area contributed by atoms with Gasteiger partial charge in [-0.15, -0.1) is 0 Å². The Balaban J connectivity index is 2.30. The molecule has 2 rings (SSSR count). The maximum absolute atomic E-state index is 12.1. The topological polar surface area (TPSA) is 46.6 Å². The summed E-state index contributed by atoms with van der Waals surface area (Å²) in [5.41, 5.74) is 2.91. The molecule has 0 saturated carbocycles. The quantitative estimate of drug-likeness (QED) is 0.596. The second kappa shape index (κ2) is 7.25. The van der Waals surface area contributed by atoms with Crippen LogP contribution in [0.1, 0.15) is 48.5 Å². The Hall–Kier alpha value is -1.84. The molecular weight excluding hydrogens is 266 g/mol. The molecule has 1 atom stereocenters. The second-order valence-electron chi connectivity index (χ2n) is 5.48. The number of carbonyl (C=O) groups is 2. The summed E-state index contributed by atoms with van der Waals surface area (Å²) >= 11 is 0. The maximum atomic E-state index is 12.1. The van der Waals surface area contributed by atoms with Gasteiger partial charge in [-0.1, -0.05) is 19.8 Å². The van der Waals surface area contributed by atoms with Crippen LogP contribution in [0.5, 0.6) is 0 Å². The van der Waals surface area contributed by atoms with Crippen LogP contribution in [-0.4, -0.2) is 32.0 Å². The minimum Gasteiger partial charge on any atom is -0.467 e. The summed E-state index contributed by atoms with van der Waals surface area (Å²) in [7, 11) is 1.45. The number of carbonyl (C=O) groups excluding carboxylic acids is 2. The molecule has 0 N–H and O–H groups in total. The number of unbranched alkanes of at least 4 members (excludes halogenated alkanes) is 1. The molecule has 1 heterocycles. The van der Waals surface area contributed by atoms with Gasteiger partial charge < -0.3 is 9.64 Å². The number of hydrogen-bond acceptors (Lipinski definition) is 4. The highest BCUT2D eigenvalue weighted by Crippen LogP contribution is 2.31. The van der Waals surface area contributed by atoms with Crippen LogP contribution < -0.4 is 4.90 Å². The third-order valence-electron chi connectivity index (χ3n) is 4.07. The number of benzene rings is 1. The van der Waals surface area contributed by atoms with Gasteiger partial charge in [0.15, 0.2) is 0 Å². The number of aldehydes is 1. The number of esters is 1. The Morgan fingerprint density at radius 3 is 2.95 bits per heavy atom. The van der Waals surface area contributed by atoms with Crippen molar-refractivity contribution in [2.24, 2.45) is 0 Å². The molecule has 0 aromatic heterocycles. The van der Waals surface area contributed by atoms with E-state index < -0.39 is 0 Å². The Labute approximate surface area is 126 Å². The first-order valence-electron chi connectivity index (χ1n) is 7.63. The largest absolute Gasteiger partial charge is 0.467 e. The van der Waals surface area contributed by atoms with Crippen molar-refractivity contribution in [2.75, 3.05) is 18.6 Å². The van der Waals surface area contributed by atoms with Crippen molar-refractivity contribution in [1.29, 1.82) is 0 Å². The SMILES string of the molecule is CCCCC(C(=O)OC)N1CCCc2cc(C=O)ccc21. The molecule has 0 radical (unpaired) electrons. The van der Waals surface area contributed by atoms with Gasteiger partial charge in [0, 0.05) is 17.8 Å². The van der Waals surface area contributed by atoms with Gasteiger partial charge in [0.2, 0.25) is 0 Å². The summed E-state index contributed by atoms with van der Waals surface area (Å²) in [6.45, 7) is 2.98. The summed E-state index contributed by atoms with van der Waals surface area (Å²) < 4.78 is 4.99. The van der Waals surface area contributed by atoms with Crippen molar-refractivity contribution in [2.45, 2.75) is 45.1 Å². The van der Waals surface area contributed by atoms with Crippen LogP contribution >= 0.6 is 0 Å². The van der Waals surface area contributed by atoms with Gasteiger partial charge in [-0.2, -0.15) is 0 Å². The number of ether oxygens (including phenoxy) is 1. The van der Waals surface area contributed by atoms with Crippen LogP contribution in [-0.2, 0) is 16.0 Å². The maximum Gasteiger partial charge on any atom is 0.328 e. The third kappa shape index (κ3) is 3.43. The average molecular weight is 289 g/mol. The molecule has 4 nitrogen and oxygen atoms in total. The fourth-order valence-corrected chi connectivity index (χ4v) is 2.98. The lowest BCUT2D eigenvalue weighted by Gasteiger charge is -2.36. The number of fused-ring (bicyclic) bond motifs is 1. The predicted molar refractivity (Wildman–Crippen MR) is 82.8 cm³/mol. The van der Waals surface area contributed by atoms with E-state index in [9.17, 15) is 9.59 Å². The highest BCUT2D eigenvalue weighted by Gasteiger charge is 2.29. The third-order valence-corrected chi connectivity index (χ3v) is 4.07. The van der Waals surface area contributed by atoms with Crippen LogP contribution in [0.15, 0.2) is 18.2 Å². The zero-order chi connectivity index (χ0) is 15.2. The van der Waals surface area contributed by atoms with Gasteiger partial charge in [0.25, 0.3) is 0 Å². The van der Waals surface area contributed by atoms with E-state index in [-0.39, 0.29) is 12.0 Å². The monoisotopic (exact) mass is 289 g/mol. The number of anilines is 1. The standard InChI is InChI=1S/C17H23NO3/c1-3-4-7-16(17(20)21-2)18-10-5-6-14-11-13(12-19)8-9-15(14)18/h8-9,11-12,16H,3-7,10H2,1-2H3. The molecular formula is C17H23NO3. The van der Waals surface area contributed by atoms with Gasteiger partial charge in [-0.05, 0) is 43.0 Å². The average Bonchev–Trinajstić information content (AvgIpc) is 2.54. The van der Waals surface area contributed by atoms with E-state index in [0.717, 1.165) is 56.2 Å². The first kappa shape index (κ1) is 15.5. The number of rotatable bonds is 6. The molecule has 1 aliphatic rings. The smallest absolute Gasteiger partial charge is 0.328 e. The van der Waals surface area contributed by atoms with Crippen LogP contribution in [0.4, 0.5) is 5.69 Å². The highest BCUT2D eigenvalue weighted by molar-refractivity contribution is 5.82. The first-order chi connectivity index (χ1) is 10.2. The predicted octanol–water partition coefficient (Wildman–Crippen LogP) is 2.98. The van der Waals surface area contributed by atoms with Crippen molar-refractivity contribution in [3.05, 3.63) is 29.3 Å². The first-order valence-corrected chi connectivity index (χ1v) is 7.63. The minimum atomic E-state index is -0.226. The molecule has 1 aromatic rings. The van der Waals surface area contributed by atoms with Crippen LogP contribution in [0.3, 0.4) is 0 Å². The van der Waals surface area contributed by atoms with E-state index in [1.807, 2.05) is 18.2 Å². The lowest BCUT2D eigenvalue weighted by atomic mass is 9.96. The minimum absolute atomic E-state index is 0.171. The van der Waals surface area contributed by atoms with E-state index in [2.05, 4.69) is 11.8 Å². The van der Waals surface area contributed by atoms with Crippen LogP contribution in [0.2, 0.25) is 0 Å². The van der Waals surface area contributed by atoms with Gasteiger partial charge in [-0.25, -0.2) is 4.79 Å². The molecule has 0 amide bonds. The summed E-state index contributed by atoms with van der Waals surface area (Å²) in [5.74, 6) is -0.171. The molecule has 1 unspecified atom stereocenters. The summed E-state index contributed by atoms with van der Waals surface area (Å²) in [4.78, 5) is 25.2. The molecule has 0 aliphatic carbocycles. The summed E-state index contributed by atoms with van der Waals surface area (Å²) in [6.07, 6.45) is 5.67. The Bertz CT molecular complexity index is 513. The molecule has 21 heavy (non-hydrogen) atoms. The number of aryl methyl sites for hydroxylation is 1. The second-order valence-corrected chi connectivity index (χ2v) is 5.48. The molecule has 0 fully saturated rings.